The monoisotopic (exact) mass is 381 g/mol. The molecule has 0 fully saturated rings. The van der Waals surface area contributed by atoms with Crippen LogP contribution in [0.1, 0.15) is 25.5 Å². The number of hydrogen-bond acceptors (Lipinski definition) is 6. The van der Waals surface area contributed by atoms with E-state index >= 15 is 0 Å². The number of hydrogen-bond donors (Lipinski definition) is 0. The van der Waals surface area contributed by atoms with Crippen LogP contribution in [0.2, 0.25) is 0 Å². The third-order valence-electron chi connectivity index (χ3n) is 4.94. The Bertz CT molecular complexity index is 1180. The standard InChI is InChI=1S/C21H19NO6/c1-11(23)27-17-10-22-15-7-5-4-6-13(15)20(25)18-16(26-3)9-8-14(19(18)22)21(17)28-12(2)24/h4-9,17,21H,10H2,1-3H3. The molecule has 28 heavy (non-hydrogen) atoms. The van der Waals surface area contributed by atoms with Gasteiger partial charge in [-0.15, -0.1) is 0 Å². The smallest absolute Gasteiger partial charge is 0.303 e. The summed E-state index contributed by atoms with van der Waals surface area (Å²) in [5, 5.41) is 0.954. The number of nitrogens with zero attached hydrogens (tertiary/aromatic N) is 1. The molecule has 0 saturated heterocycles. The molecule has 7 nitrogen and oxygen atoms in total. The summed E-state index contributed by atoms with van der Waals surface area (Å²) in [6.45, 7) is 2.86. The molecule has 2 unspecified atom stereocenters. The van der Waals surface area contributed by atoms with Crippen molar-refractivity contribution in [1.29, 1.82) is 0 Å². The summed E-state index contributed by atoms with van der Waals surface area (Å²) < 4.78 is 18.4. The van der Waals surface area contributed by atoms with Gasteiger partial charge in [0.1, 0.15) is 5.75 Å². The Morgan fingerprint density at radius 2 is 1.75 bits per heavy atom. The van der Waals surface area contributed by atoms with Gasteiger partial charge in [0.15, 0.2) is 12.2 Å². The van der Waals surface area contributed by atoms with E-state index in [1.165, 1.54) is 21.0 Å². The predicted octanol–water partition coefficient (Wildman–Crippen LogP) is 2.71. The van der Waals surface area contributed by atoms with Crippen molar-refractivity contribution in [3.8, 4) is 5.75 Å². The van der Waals surface area contributed by atoms with E-state index in [1.54, 1.807) is 24.3 Å². The number of benzene rings is 2. The summed E-state index contributed by atoms with van der Waals surface area (Å²) in [4.78, 5) is 36.6. The van der Waals surface area contributed by atoms with Crippen LogP contribution in [0.3, 0.4) is 0 Å². The Balaban J connectivity index is 2.12. The van der Waals surface area contributed by atoms with Gasteiger partial charge in [0, 0.05) is 24.8 Å². The van der Waals surface area contributed by atoms with E-state index in [4.69, 9.17) is 14.2 Å². The third-order valence-corrected chi connectivity index (χ3v) is 4.94. The van der Waals surface area contributed by atoms with E-state index in [1.807, 2.05) is 16.7 Å². The second-order valence-electron chi connectivity index (χ2n) is 6.72. The zero-order valence-electron chi connectivity index (χ0n) is 15.7. The minimum atomic E-state index is -0.810. The number of carbonyl (C=O) groups is 2. The van der Waals surface area contributed by atoms with Gasteiger partial charge in [0.05, 0.1) is 30.1 Å². The predicted molar refractivity (Wildman–Crippen MR) is 102 cm³/mol. The van der Waals surface area contributed by atoms with Gasteiger partial charge in [-0.1, -0.05) is 12.1 Å². The molecule has 3 aromatic rings. The first-order chi connectivity index (χ1) is 13.4. The van der Waals surface area contributed by atoms with Crippen LogP contribution >= 0.6 is 0 Å². The molecule has 0 spiro atoms. The molecule has 144 valence electrons. The Labute approximate surface area is 160 Å². The maximum atomic E-state index is 13.2. The molecular weight excluding hydrogens is 362 g/mol. The number of methoxy groups -OCH3 is 1. The van der Waals surface area contributed by atoms with Crippen LogP contribution < -0.4 is 10.2 Å². The van der Waals surface area contributed by atoms with Crippen LogP contribution in [0, 0.1) is 0 Å². The number of fused-ring (bicyclic) bond motifs is 2. The van der Waals surface area contributed by atoms with Crippen LogP contribution in [0.4, 0.5) is 0 Å². The van der Waals surface area contributed by atoms with Gasteiger partial charge < -0.3 is 18.8 Å². The third kappa shape index (κ3) is 2.70. The fourth-order valence-electron chi connectivity index (χ4n) is 3.95. The zero-order valence-corrected chi connectivity index (χ0v) is 15.7. The molecular formula is C21H19NO6. The first-order valence-corrected chi connectivity index (χ1v) is 8.89. The molecule has 7 heteroatoms. The number of aromatic nitrogens is 1. The topological polar surface area (TPSA) is 83.8 Å². The lowest BCUT2D eigenvalue weighted by Gasteiger charge is -2.34. The molecule has 0 bridgehead atoms. The van der Waals surface area contributed by atoms with Crippen molar-refractivity contribution < 1.29 is 23.8 Å². The maximum absolute atomic E-state index is 13.2. The summed E-state index contributed by atoms with van der Waals surface area (Å²) in [5.41, 5.74) is 1.78. The Morgan fingerprint density at radius 1 is 1.04 bits per heavy atom. The van der Waals surface area contributed by atoms with E-state index in [-0.39, 0.29) is 12.0 Å². The summed E-state index contributed by atoms with van der Waals surface area (Å²) in [6, 6.07) is 10.7. The van der Waals surface area contributed by atoms with Gasteiger partial charge in [0.2, 0.25) is 5.43 Å². The van der Waals surface area contributed by atoms with Gasteiger partial charge in [-0.05, 0) is 24.3 Å². The second kappa shape index (κ2) is 6.67. The van der Waals surface area contributed by atoms with Crippen molar-refractivity contribution in [1.82, 2.24) is 4.57 Å². The largest absolute Gasteiger partial charge is 0.496 e. The van der Waals surface area contributed by atoms with Crippen LogP contribution in [-0.2, 0) is 25.6 Å². The lowest BCUT2D eigenvalue weighted by Crippen LogP contribution is -2.36. The Morgan fingerprint density at radius 3 is 2.43 bits per heavy atom. The summed E-state index contributed by atoms with van der Waals surface area (Å²) in [6.07, 6.45) is -1.52. The number of pyridine rings is 1. The van der Waals surface area contributed by atoms with Gasteiger partial charge in [-0.25, -0.2) is 0 Å². The molecule has 1 aliphatic heterocycles. The second-order valence-corrected chi connectivity index (χ2v) is 6.72. The Kier molecular flexibility index (Phi) is 4.30. The molecule has 0 radical (unpaired) electrons. The number of ether oxygens (including phenoxy) is 3. The molecule has 0 amide bonds. The average Bonchev–Trinajstić information content (AvgIpc) is 2.66. The first-order valence-electron chi connectivity index (χ1n) is 8.89. The van der Waals surface area contributed by atoms with Crippen molar-refractivity contribution in [3.63, 3.8) is 0 Å². The van der Waals surface area contributed by atoms with Crippen LogP contribution in [0.25, 0.3) is 21.8 Å². The molecule has 2 heterocycles. The highest BCUT2D eigenvalue weighted by Crippen LogP contribution is 2.39. The van der Waals surface area contributed by atoms with Crippen LogP contribution in [0.15, 0.2) is 41.2 Å². The minimum absolute atomic E-state index is 0.159. The molecule has 0 aliphatic carbocycles. The van der Waals surface area contributed by atoms with E-state index in [9.17, 15) is 14.4 Å². The van der Waals surface area contributed by atoms with Crippen molar-refractivity contribution in [2.75, 3.05) is 7.11 Å². The molecule has 1 aromatic heterocycles. The number of para-hydroxylation sites is 1. The van der Waals surface area contributed by atoms with Gasteiger partial charge in [-0.2, -0.15) is 0 Å². The number of carbonyl (C=O) groups excluding carboxylic acids is 2. The SMILES string of the molecule is COc1ccc2c3c1c(=O)c1ccccc1n3CC(OC(C)=O)C2OC(C)=O. The highest BCUT2D eigenvalue weighted by molar-refractivity contribution is 5.98. The van der Waals surface area contributed by atoms with Gasteiger partial charge >= 0.3 is 11.9 Å². The molecule has 2 aromatic carbocycles. The normalized spacial score (nSPS) is 18.1. The highest BCUT2D eigenvalue weighted by Gasteiger charge is 2.37. The van der Waals surface area contributed by atoms with Crippen molar-refractivity contribution in [3.05, 3.63) is 52.2 Å². The van der Waals surface area contributed by atoms with E-state index in [2.05, 4.69) is 0 Å². The molecule has 0 N–H and O–H groups in total. The maximum Gasteiger partial charge on any atom is 0.303 e. The summed E-state index contributed by atoms with van der Waals surface area (Å²) >= 11 is 0. The summed E-state index contributed by atoms with van der Waals surface area (Å²) in [7, 11) is 1.50. The fraction of sp³-hybridized carbons (Fsp3) is 0.286. The minimum Gasteiger partial charge on any atom is -0.496 e. The summed E-state index contributed by atoms with van der Waals surface area (Å²) in [5.74, 6) is -0.529. The van der Waals surface area contributed by atoms with E-state index in [0.29, 0.717) is 33.1 Å². The van der Waals surface area contributed by atoms with Gasteiger partial charge in [0.25, 0.3) is 0 Å². The molecule has 1 aliphatic rings. The van der Waals surface area contributed by atoms with Crippen molar-refractivity contribution in [2.24, 2.45) is 0 Å². The number of esters is 2. The highest BCUT2D eigenvalue weighted by atomic mass is 16.6. The molecule has 2 atom stereocenters. The first kappa shape index (κ1) is 18.0. The lowest BCUT2D eigenvalue weighted by atomic mass is 9.94. The van der Waals surface area contributed by atoms with Crippen molar-refractivity contribution >= 4 is 33.7 Å². The zero-order chi connectivity index (χ0) is 20.0. The average molecular weight is 381 g/mol. The van der Waals surface area contributed by atoms with E-state index < -0.39 is 24.1 Å². The molecule has 4 rings (SSSR count). The van der Waals surface area contributed by atoms with Crippen LogP contribution in [0.5, 0.6) is 5.75 Å². The molecule has 0 saturated carbocycles. The van der Waals surface area contributed by atoms with Gasteiger partial charge in [-0.3, -0.25) is 14.4 Å². The lowest BCUT2D eigenvalue weighted by molar-refractivity contribution is -0.167. The Hall–Kier alpha value is -3.35. The fourth-order valence-corrected chi connectivity index (χ4v) is 3.95. The quantitative estimate of drug-likeness (QED) is 0.512. The number of rotatable bonds is 3. The van der Waals surface area contributed by atoms with E-state index in [0.717, 1.165) is 0 Å². The van der Waals surface area contributed by atoms with Crippen molar-refractivity contribution in [2.45, 2.75) is 32.6 Å². The van der Waals surface area contributed by atoms with Crippen LogP contribution in [-0.4, -0.2) is 29.7 Å².